The molecular formula is C14H13NO5S2. The van der Waals surface area contributed by atoms with E-state index in [9.17, 15) is 13.2 Å². The Balaban J connectivity index is 1.91. The van der Waals surface area contributed by atoms with Crippen LogP contribution >= 0.6 is 11.3 Å². The van der Waals surface area contributed by atoms with Crippen LogP contribution in [0.5, 0.6) is 11.5 Å². The first-order chi connectivity index (χ1) is 10.5. The van der Waals surface area contributed by atoms with Crippen molar-refractivity contribution in [1.29, 1.82) is 0 Å². The molecule has 0 spiro atoms. The van der Waals surface area contributed by atoms with E-state index in [1.54, 1.807) is 30.5 Å². The lowest BCUT2D eigenvalue weighted by Crippen LogP contribution is -2.15. The van der Waals surface area contributed by atoms with Gasteiger partial charge in [-0.1, -0.05) is 6.92 Å². The van der Waals surface area contributed by atoms with Gasteiger partial charge >= 0.3 is 0 Å². The van der Waals surface area contributed by atoms with Crippen LogP contribution in [0.2, 0.25) is 0 Å². The molecule has 0 saturated heterocycles. The van der Waals surface area contributed by atoms with E-state index in [2.05, 4.69) is 4.72 Å². The molecule has 22 heavy (non-hydrogen) atoms. The van der Waals surface area contributed by atoms with Crippen LogP contribution in [-0.4, -0.2) is 21.0 Å². The predicted octanol–water partition coefficient (Wildman–Crippen LogP) is 2.87. The number of ketones is 1. The minimum Gasteiger partial charge on any atom is -0.454 e. The second kappa shape index (κ2) is 5.62. The van der Waals surface area contributed by atoms with Crippen molar-refractivity contribution in [2.45, 2.75) is 18.2 Å². The highest BCUT2D eigenvalue weighted by molar-refractivity contribution is 7.93. The summed E-state index contributed by atoms with van der Waals surface area (Å²) in [7, 11) is -3.83. The molecule has 6 nitrogen and oxygen atoms in total. The topological polar surface area (TPSA) is 81.7 Å². The number of sulfonamides is 1. The maximum Gasteiger partial charge on any atom is 0.263 e. The summed E-state index contributed by atoms with van der Waals surface area (Å²) in [6.07, 6.45) is 0.257. The first-order valence-corrected chi connectivity index (χ1v) is 8.90. The maximum absolute atomic E-state index is 12.5. The quantitative estimate of drug-likeness (QED) is 0.847. The molecule has 0 aliphatic carbocycles. The van der Waals surface area contributed by atoms with E-state index < -0.39 is 10.0 Å². The number of Topliss-reactive ketones (excluding diaryl/α,β-unsaturated/α-hetero) is 1. The van der Waals surface area contributed by atoms with Crippen LogP contribution in [0.25, 0.3) is 0 Å². The first-order valence-electron chi connectivity index (χ1n) is 6.54. The van der Waals surface area contributed by atoms with Crippen molar-refractivity contribution in [2.75, 3.05) is 11.5 Å². The molecule has 0 amide bonds. The summed E-state index contributed by atoms with van der Waals surface area (Å²) in [5.74, 6) is 0.858. The Hall–Kier alpha value is -2.06. The predicted molar refractivity (Wildman–Crippen MR) is 82.3 cm³/mol. The molecule has 0 radical (unpaired) electrons. The van der Waals surface area contributed by atoms with Gasteiger partial charge in [0, 0.05) is 12.5 Å². The highest BCUT2D eigenvalue weighted by Gasteiger charge is 2.24. The van der Waals surface area contributed by atoms with Crippen molar-refractivity contribution in [3.8, 4) is 11.5 Å². The number of nitrogens with one attached hydrogen (secondary N) is 1. The van der Waals surface area contributed by atoms with Gasteiger partial charge in [-0.2, -0.15) is 0 Å². The van der Waals surface area contributed by atoms with Crippen LogP contribution in [0, 0.1) is 0 Å². The molecule has 1 aliphatic heterocycles. The van der Waals surface area contributed by atoms with Crippen LogP contribution in [0.4, 0.5) is 5.69 Å². The SMILES string of the molecule is CCC(=O)c1sccc1S(=O)(=O)Nc1ccc2c(c1)OCO2. The standard InChI is InChI=1S/C14H13NO5S2/c1-2-10(16)14-13(5-6-21-14)22(17,18)15-9-3-4-11-12(7-9)20-8-19-11/h3-7,15H,2,8H2,1H3. The molecule has 3 rings (SSSR count). The van der Waals surface area contributed by atoms with Crippen molar-refractivity contribution in [3.63, 3.8) is 0 Å². The third-order valence-electron chi connectivity index (χ3n) is 3.12. The third kappa shape index (κ3) is 2.67. The van der Waals surface area contributed by atoms with Crippen LogP contribution in [0.15, 0.2) is 34.5 Å². The van der Waals surface area contributed by atoms with Crippen LogP contribution in [-0.2, 0) is 10.0 Å². The average Bonchev–Trinajstić information content (AvgIpc) is 3.14. The second-order valence-electron chi connectivity index (χ2n) is 4.56. The fraction of sp³-hybridized carbons (Fsp3) is 0.214. The number of ether oxygens (including phenoxy) is 2. The Morgan fingerprint density at radius 2 is 2.05 bits per heavy atom. The Morgan fingerprint density at radius 1 is 1.27 bits per heavy atom. The van der Waals surface area contributed by atoms with E-state index in [0.717, 1.165) is 11.3 Å². The fourth-order valence-electron chi connectivity index (χ4n) is 2.04. The van der Waals surface area contributed by atoms with Gasteiger partial charge in [0.1, 0.15) is 4.90 Å². The Bertz CT molecular complexity index is 826. The van der Waals surface area contributed by atoms with Crippen molar-refractivity contribution < 1.29 is 22.7 Å². The monoisotopic (exact) mass is 339 g/mol. The summed E-state index contributed by atoms with van der Waals surface area (Å²) in [6.45, 7) is 1.81. The van der Waals surface area contributed by atoms with E-state index in [1.165, 1.54) is 6.07 Å². The van der Waals surface area contributed by atoms with Gasteiger partial charge in [0.2, 0.25) is 6.79 Å². The summed E-state index contributed by atoms with van der Waals surface area (Å²) in [6, 6.07) is 6.20. The largest absolute Gasteiger partial charge is 0.454 e. The molecule has 2 heterocycles. The highest BCUT2D eigenvalue weighted by Crippen LogP contribution is 2.35. The van der Waals surface area contributed by atoms with Gasteiger partial charge < -0.3 is 9.47 Å². The van der Waals surface area contributed by atoms with E-state index in [0.29, 0.717) is 17.2 Å². The zero-order chi connectivity index (χ0) is 15.7. The summed E-state index contributed by atoms with van der Waals surface area (Å²) < 4.78 is 37.8. The molecule has 0 fully saturated rings. The van der Waals surface area contributed by atoms with Crippen molar-refractivity contribution in [3.05, 3.63) is 34.5 Å². The van der Waals surface area contributed by atoms with E-state index in [4.69, 9.17) is 9.47 Å². The number of fused-ring (bicyclic) bond motifs is 1. The van der Waals surface area contributed by atoms with Crippen molar-refractivity contribution >= 4 is 32.8 Å². The summed E-state index contributed by atoms with van der Waals surface area (Å²) in [4.78, 5) is 12.1. The van der Waals surface area contributed by atoms with Gasteiger partial charge in [0.15, 0.2) is 17.3 Å². The van der Waals surface area contributed by atoms with E-state index >= 15 is 0 Å². The molecule has 0 unspecified atom stereocenters. The number of benzene rings is 1. The normalized spacial score (nSPS) is 13.1. The maximum atomic E-state index is 12.5. The van der Waals surface area contributed by atoms with E-state index in [1.807, 2.05) is 0 Å². The minimum atomic E-state index is -3.83. The van der Waals surface area contributed by atoms with Gasteiger partial charge in [0.25, 0.3) is 10.0 Å². The number of thiophene rings is 1. The molecule has 116 valence electrons. The Labute approximate surface area is 131 Å². The lowest BCUT2D eigenvalue weighted by atomic mass is 10.3. The van der Waals surface area contributed by atoms with Crippen LogP contribution < -0.4 is 14.2 Å². The number of hydrogen-bond acceptors (Lipinski definition) is 6. The van der Waals surface area contributed by atoms with Crippen molar-refractivity contribution in [1.82, 2.24) is 0 Å². The highest BCUT2D eigenvalue weighted by atomic mass is 32.2. The van der Waals surface area contributed by atoms with Gasteiger partial charge in [-0.3, -0.25) is 9.52 Å². The number of anilines is 1. The molecule has 1 aromatic carbocycles. The molecule has 2 aromatic rings. The van der Waals surface area contributed by atoms with Gasteiger partial charge in [0.05, 0.1) is 10.6 Å². The summed E-state index contributed by atoms with van der Waals surface area (Å²) in [5.41, 5.74) is 0.352. The van der Waals surface area contributed by atoms with Gasteiger partial charge in [-0.15, -0.1) is 11.3 Å². The smallest absolute Gasteiger partial charge is 0.263 e. The Morgan fingerprint density at radius 3 is 2.82 bits per heavy atom. The van der Waals surface area contributed by atoms with Crippen molar-refractivity contribution in [2.24, 2.45) is 0 Å². The molecule has 0 atom stereocenters. The van der Waals surface area contributed by atoms with Crippen LogP contribution in [0.3, 0.4) is 0 Å². The molecule has 0 bridgehead atoms. The summed E-state index contributed by atoms with van der Waals surface area (Å²) in [5, 5.41) is 1.59. The number of carbonyl (C=O) groups is 1. The molecule has 0 saturated carbocycles. The first kappa shape index (κ1) is 14.9. The minimum absolute atomic E-state index is 0.00187. The lowest BCUT2D eigenvalue weighted by Gasteiger charge is -2.09. The molecule has 1 N–H and O–H groups in total. The zero-order valence-electron chi connectivity index (χ0n) is 11.7. The Kier molecular flexibility index (Phi) is 3.79. The second-order valence-corrected chi connectivity index (χ2v) is 7.13. The number of rotatable bonds is 5. The molecule has 1 aliphatic rings. The zero-order valence-corrected chi connectivity index (χ0v) is 13.3. The third-order valence-corrected chi connectivity index (χ3v) is 5.63. The molecule has 8 heteroatoms. The van der Waals surface area contributed by atoms with E-state index in [-0.39, 0.29) is 28.8 Å². The van der Waals surface area contributed by atoms with Crippen LogP contribution in [0.1, 0.15) is 23.0 Å². The fourth-order valence-corrected chi connectivity index (χ4v) is 4.56. The lowest BCUT2D eigenvalue weighted by molar-refractivity contribution is 0.0989. The summed E-state index contributed by atoms with van der Waals surface area (Å²) >= 11 is 1.13. The molecule has 1 aromatic heterocycles. The molecular weight excluding hydrogens is 326 g/mol. The van der Waals surface area contributed by atoms with Gasteiger partial charge in [-0.05, 0) is 23.6 Å². The van der Waals surface area contributed by atoms with Gasteiger partial charge in [-0.25, -0.2) is 8.42 Å². The number of carbonyl (C=O) groups excluding carboxylic acids is 1. The average molecular weight is 339 g/mol. The number of hydrogen-bond donors (Lipinski definition) is 1.